The standard InChI is InChI=1S/C27H19BrFNO2/c1-31-26-15-19(13-22(16-30)23-8-4-5-9-25(23)29)14-24(28)27(26)32-17-18-10-11-20-6-2-3-7-21(20)12-18/h2-15H,17H2,1H3. The van der Waals surface area contributed by atoms with Crippen molar-refractivity contribution in [3.8, 4) is 17.6 Å². The van der Waals surface area contributed by atoms with Crippen molar-refractivity contribution in [3.05, 3.63) is 106 Å². The highest BCUT2D eigenvalue weighted by molar-refractivity contribution is 9.10. The molecule has 3 nitrogen and oxygen atoms in total. The number of nitrogens with zero attached hydrogens (tertiary/aromatic N) is 1. The van der Waals surface area contributed by atoms with Crippen molar-refractivity contribution in [3.63, 3.8) is 0 Å². The molecule has 0 spiro atoms. The van der Waals surface area contributed by atoms with Gasteiger partial charge in [0.2, 0.25) is 0 Å². The van der Waals surface area contributed by atoms with Gasteiger partial charge in [-0.05, 0) is 68.2 Å². The average molecular weight is 488 g/mol. The van der Waals surface area contributed by atoms with Crippen LogP contribution in [0, 0.1) is 17.1 Å². The van der Waals surface area contributed by atoms with Gasteiger partial charge in [0.25, 0.3) is 0 Å². The molecular formula is C27H19BrFNO2. The molecule has 0 aliphatic rings. The summed E-state index contributed by atoms with van der Waals surface area (Å²) in [6.45, 7) is 0.369. The third-order valence-electron chi connectivity index (χ3n) is 5.04. The van der Waals surface area contributed by atoms with E-state index in [1.165, 1.54) is 11.5 Å². The molecule has 0 atom stereocenters. The Morgan fingerprint density at radius 2 is 1.75 bits per heavy atom. The zero-order chi connectivity index (χ0) is 22.5. The van der Waals surface area contributed by atoms with Crippen molar-refractivity contribution in [1.29, 1.82) is 5.26 Å². The summed E-state index contributed by atoms with van der Waals surface area (Å²) < 4.78 is 26.4. The molecule has 4 aromatic rings. The highest BCUT2D eigenvalue weighted by Gasteiger charge is 2.13. The van der Waals surface area contributed by atoms with Gasteiger partial charge in [0.1, 0.15) is 12.4 Å². The molecule has 0 aliphatic carbocycles. The Kier molecular flexibility index (Phi) is 6.53. The lowest BCUT2D eigenvalue weighted by Crippen LogP contribution is -1.99. The highest BCUT2D eigenvalue weighted by Crippen LogP contribution is 2.38. The fraction of sp³-hybridized carbons (Fsp3) is 0.0741. The molecule has 0 saturated heterocycles. The summed E-state index contributed by atoms with van der Waals surface area (Å²) in [5.74, 6) is 0.626. The second-order valence-corrected chi connectivity index (χ2v) is 8.01. The van der Waals surface area contributed by atoms with E-state index < -0.39 is 5.82 Å². The molecule has 0 saturated carbocycles. The molecule has 0 unspecified atom stereocenters. The maximum atomic E-state index is 14.1. The van der Waals surface area contributed by atoms with Crippen LogP contribution in [0.25, 0.3) is 22.4 Å². The van der Waals surface area contributed by atoms with Gasteiger partial charge in [-0.1, -0.05) is 54.6 Å². The van der Waals surface area contributed by atoms with Crippen LogP contribution < -0.4 is 9.47 Å². The minimum absolute atomic E-state index is 0.224. The minimum atomic E-state index is -0.443. The van der Waals surface area contributed by atoms with E-state index in [1.807, 2.05) is 24.3 Å². The van der Waals surface area contributed by atoms with E-state index in [1.54, 1.807) is 37.5 Å². The van der Waals surface area contributed by atoms with Crippen molar-refractivity contribution in [1.82, 2.24) is 0 Å². The molecule has 0 aliphatic heterocycles. The normalized spacial score (nSPS) is 11.2. The molecule has 0 N–H and O–H groups in total. The first-order chi connectivity index (χ1) is 15.6. The predicted octanol–water partition coefficient (Wildman–Crippen LogP) is 7.39. The Hall–Kier alpha value is -3.62. The Morgan fingerprint density at radius 3 is 2.50 bits per heavy atom. The zero-order valence-corrected chi connectivity index (χ0v) is 18.9. The van der Waals surface area contributed by atoms with Gasteiger partial charge in [-0.25, -0.2) is 4.39 Å². The number of halogens is 2. The van der Waals surface area contributed by atoms with E-state index in [-0.39, 0.29) is 11.1 Å². The number of hydrogen-bond donors (Lipinski definition) is 0. The fourth-order valence-corrected chi connectivity index (χ4v) is 4.04. The Morgan fingerprint density at radius 1 is 1.00 bits per heavy atom. The molecule has 0 fully saturated rings. The Labute approximate surface area is 194 Å². The average Bonchev–Trinajstić information content (AvgIpc) is 2.82. The third-order valence-corrected chi connectivity index (χ3v) is 5.63. The number of rotatable bonds is 6. The van der Waals surface area contributed by atoms with Crippen LogP contribution in [-0.4, -0.2) is 7.11 Å². The molecule has 0 amide bonds. The molecular weight excluding hydrogens is 469 g/mol. The number of benzene rings is 4. The molecule has 32 heavy (non-hydrogen) atoms. The highest BCUT2D eigenvalue weighted by atomic mass is 79.9. The summed E-state index contributed by atoms with van der Waals surface area (Å²) in [4.78, 5) is 0. The van der Waals surface area contributed by atoms with Gasteiger partial charge < -0.3 is 9.47 Å². The summed E-state index contributed by atoms with van der Waals surface area (Å²) in [5.41, 5.74) is 2.20. The number of hydrogen-bond acceptors (Lipinski definition) is 3. The van der Waals surface area contributed by atoms with E-state index in [9.17, 15) is 9.65 Å². The van der Waals surface area contributed by atoms with Gasteiger partial charge in [-0.15, -0.1) is 0 Å². The maximum Gasteiger partial charge on any atom is 0.175 e. The van der Waals surface area contributed by atoms with Crippen molar-refractivity contribution < 1.29 is 13.9 Å². The van der Waals surface area contributed by atoms with Crippen LogP contribution in [0.2, 0.25) is 0 Å². The van der Waals surface area contributed by atoms with Gasteiger partial charge in [-0.3, -0.25) is 0 Å². The third kappa shape index (κ3) is 4.66. The summed E-state index contributed by atoms with van der Waals surface area (Å²) in [6, 6.07) is 26.2. The molecule has 0 aromatic heterocycles. The van der Waals surface area contributed by atoms with Crippen LogP contribution in [0.1, 0.15) is 16.7 Å². The lowest BCUT2D eigenvalue weighted by molar-refractivity contribution is 0.282. The van der Waals surface area contributed by atoms with Crippen LogP contribution >= 0.6 is 15.9 Å². The van der Waals surface area contributed by atoms with E-state index >= 15 is 0 Å². The molecule has 0 heterocycles. The lowest BCUT2D eigenvalue weighted by Gasteiger charge is -2.14. The number of nitriles is 1. The summed E-state index contributed by atoms with van der Waals surface area (Å²) in [7, 11) is 1.56. The van der Waals surface area contributed by atoms with Crippen molar-refractivity contribution in [2.24, 2.45) is 0 Å². The molecule has 158 valence electrons. The predicted molar refractivity (Wildman–Crippen MR) is 129 cm³/mol. The van der Waals surface area contributed by atoms with Gasteiger partial charge >= 0.3 is 0 Å². The van der Waals surface area contributed by atoms with E-state index in [2.05, 4.69) is 46.3 Å². The number of methoxy groups -OCH3 is 1. The number of allylic oxidation sites excluding steroid dienone is 1. The smallest absolute Gasteiger partial charge is 0.175 e. The summed E-state index contributed by atoms with van der Waals surface area (Å²) in [5, 5.41) is 11.9. The van der Waals surface area contributed by atoms with Gasteiger partial charge in [0.05, 0.1) is 23.2 Å². The van der Waals surface area contributed by atoms with E-state index in [0.717, 1.165) is 10.9 Å². The number of ether oxygens (including phenoxy) is 2. The quantitative estimate of drug-likeness (QED) is 0.210. The van der Waals surface area contributed by atoms with E-state index in [4.69, 9.17) is 9.47 Å². The molecule has 5 heteroatoms. The molecule has 0 bridgehead atoms. The minimum Gasteiger partial charge on any atom is -0.493 e. The summed E-state index contributed by atoms with van der Waals surface area (Å²) >= 11 is 3.54. The van der Waals surface area contributed by atoms with Crippen molar-refractivity contribution in [2.75, 3.05) is 7.11 Å². The fourth-order valence-electron chi connectivity index (χ4n) is 3.46. The molecule has 4 rings (SSSR count). The van der Waals surface area contributed by atoms with Gasteiger partial charge in [0, 0.05) is 5.56 Å². The van der Waals surface area contributed by atoms with Gasteiger partial charge in [-0.2, -0.15) is 5.26 Å². The van der Waals surface area contributed by atoms with Crippen LogP contribution in [0.5, 0.6) is 11.5 Å². The topological polar surface area (TPSA) is 42.2 Å². The van der Waals surface area contributed by atoms with Crippen LogP contribution in [0.15, 0.2) is 83.3 Å². The first-order valence-electron chi connectivity index (χ1n) is 9.94. The monoisotopic (exact) mass is 487 g/mol. The number of fused-ring (bicyclic) bond motifs is 1. The molecule has 4 aromatic carbocycles. The second kappa shape index (κ2) is 9.67. The van der Waals surface area contributed by atoms with Crippen molar-refractivity contribution >= 4 is 38.4 Å². The first kappa shape index (κ1) is 21.6. The first-order valence-corrected chi connectivity index (χ1v) is 10.7. The summed E-state index contributed by atoms with van der Waals surface area (Å²) in [6.07, 6.45) is 1.62. The molecule has 0 radical (unpaired) electrons. The second-order valence-electron chi connectivity index (χ2n) is 7.15. The largest absolute Gasteiger partial charge is 0.493 e. The SMILES string of the molecule is COc1cc(C=C(C#N)c2ccccc2F)cc(Br)c1OCc1ccc2ccccc2c1. The van der Waals surface area contributed by atoms with Crippen LogP contribution in [-0.2, 0) is 6.61 Å². The van der Waals surface area contributed by atoms with Crippen LogP contribution in [0.3, 0.4) is 0 Å². The van der Waals surface area contributed by atoms with Crippen molar-refractivity contribution in [2.45, 2.75) is 6.61 Å². The lowest BCUT2D eigenvalue weighted by atomic mass is 10.0. The van der Waals surface area contributed by atoms with E-state index in [0.29, 0.717) is 28.1 Å². The Bertz CT molecular complexity index is 1360. The van der Waals surface area contributed by atoms with Gasteiger partial charge in [0.15, 0.2) is 11.5 Å². The maximum absolute atomic E-state index is 14.1. The zero-order valence-electron chi connectivity index (χ0n) is 17.3. The van der Waals surface area contributed by atoms with Crippen LogP contribution in [0.4, 0.5) is 4.39 Å². The Balaban J connectivity index is 1.61.